The maximum atomic E-state index is 12.9. The van der Waals surface area contributed by atoms with E-state index in [2.05, 4.69) is 5.32 Å². The lowest BCUT2D eigenvalue weighted by Crippen LogP contribution is -2.27. The fourth-order valence-corrected chi connectivity index (χ4v) is 3.43. The molecule has 1 aromatic heterocycles. The molecule has 1 heterocycles. The lowest BCUT2D eigenvalue weighted by Gasteiger charge is -2.12. The molecule has 144 valence electrons. The molecule has 4 nitrogen and oxygen atoms in total. The zero-order valence-electron chi connectivity index (χ0n) is 15.5. The van der Waals surface area contributed by atoms with Gasteiger partial charge < -0.3 is 9.73 Å². The molecular formula is C24H18ClNO3. The average molecular weight is 404 g/mol. The number of amides is 1. The first-order valence-electron chi connectivity index (χ1n) is 9.27. The van der Waals surface area contributed by atoms with Crippen LogP contribution in [0, 0.1) is 0 Å². The SMILES string of the molecule is O=C(NCCc1ccc(Cl)cc1)c1oc(=O)c2ccccc2c1-c1ccccc1. The van der Waals surface area contributed by atoms with Gasteiger partial charge in [0.25, 0.3) is 5.91 Å². The maximum absolute atomic E-state index is 12.9. The third kappa shape index (κ3) is 4.08. The van der Waals surface area contributed by atoms with Crippen LogP contribution in [0.25, 0.3) is 21.9 Å². The summed E-state index contributed by atoms with van der Waals surface area (Å²) < 4.78 is 5.47. The molecule has 5 heteroatoms. The minimum Gasteiger partial charge on any atom is -0.416 e. The lowest BCUT2D eigenvalue weighted by atomic mass is 9.98. The third-order valence-electron chi connectivity index (χ3n) is 4.72. The Morgan fingerprint density at radius 3 is 2.24 bits per heavy atom. The van der Waals surface area contributed by atoms with Crippen molar-refractivity contribution < 1.29 is 9.21 Å². The summed E-state index contributed by atoms with van der Waals surface area (Å²) in [4.78, 5) is 25.4. The Morgan fingerprint density at radius 1 is 0.862 bits per heavy atom. The Labute approximate surface area is 172 Å². The second-order valence-electron chi connectivity index (χ2n) is 6.64. The molecule has 0 saturated heterocycles. The van der Waals surface area contributed by atoms with Crippen LogP contribution in [0.4, 0.5) is 0 Å². The topological polar surface area (TPSA) is 59.3 Å². The maximum Gasteiger partial charge on any atom is 0.344 e. The van der Waals surface area contributed by atoms with Crippen LogP contribution in [0.5, 0.6) is 0 Å². The summed E-state index contributed by atoms with van der Waals surface area (Å²) in [5, 5.41) is 4.67. The van der Waals surface area contributed by atoms with Crippen molar-refractivity contribution >= 4 is 28.3 Å². The highest BCUT2D eigenvalue weighted by atomic mass is 35.5. The van der Waals surface area contributed by atoms with Crippen LogP contribution in [0.15, 0.2) is 88.1 Å². The van der Waals surface area contributed by atoms with Gasteiger partial charge in [0.1, 0.15) is 0 Å². The number of carbonyl (C=O) groups excluding carboxylic acids is 1. The highest BCUT2D eigenvalue weighted by Crippen LogP contribution is 2.30. The minimum atomic E-state index is -0.525. The predicted molar refractivity (Wildman–Crippen MR) is 115 cm³/mol. The Hall–Kier alpha value is -3.37. The molecule has 29 heavy (non-hydrogen) atoms. The quantitative estimate of drug-likeness (QED) is 0.505. The summed E-state index contributed by atoms with van der Waals surface area (Å²) in [5.74, 6) is -0.392. The number of hydrogen-bond donors (Lipinski definition) is 1. The van der Waals surface area contributed by atoms with Crippen molar-refractivity contribution in [1.82, 2.24) is 5.32 Å². The molecule has 0 fully saturated rings. The van der Waals surface area contributed by atoms with Crippen molar-refractivity contribution in [2.24, 2.45) is 0 Å². The molecule has 0 spiro atoms. The van der Waals surface area contributed by atoms with Crippen molar-refractivity contribution in [3.63, 3.8) is 0 Å². The first-order valence-corrected chi connectivity index (χ1v) is 9.65. The predicted octanol–water partition coefficient (Wildman–Crippen LogP) is 5.09. The van der Waals surface area contributed by atoms with E-state index in [0.717, 1.165) is 11.1 Å². The number of rotatable bonds is 5. The number of hydrogen-bond acceptors (Lipinski definition) is 3. The minimum absolute atomic E-state index is 0.0241. The summed E-state index contributed by atoms with van der Waals surface area (Å²) in [6.07, 6.45) is 0.640. The van der Waals surface area contributed by atoms with Crippen molar-refractivity contribution in [2.45, 2.75) is 6.42 Å². The summed E-state index contributed by atoms with van der Waals surface area (Å²) in [6, 6.07) is 24.1. The molecule has 0 unspecified atom stereocenters. The Bertz CT molecular complexity index is 1210. The summed E-state index contributed by atoms with van der Waals surface area (Å²) in [6.45, 7) is 0.408. The number of nitrogens with one attached hydrogen (secondary N) is 1. The second-order valence-corrected chi connectivity index (χ2v) is 7.07. The fraction of sp³-hybridized carbons (Fsp3) is 0.0833. The standard InChI is InChI=1S/C24H18ClNO3/c25-18-12-10-16(11-13-18)14-15-26-23(27)22-21(17-6-2-1-3-7-17)19-8-4-5-9-20(19)24(28)29-22/h1-13H,14-15H2,(H,26,27). The van der Waals surface area contributed by atoms with Gasteiger partial charge in [-0.3, -0.25) is 4.79 Å². The van der Waals surface area contributed by atoms with Crippen LogP contribution in [0.3, 0.4) is 0 Å². The van der Waals surface area contributed by atoms with Crippen LogP contribution in [0.2, 0.25) is 5.02 Å². The largest absolute Gasteiger partial charge is 0.416 e. The molecule has 4 rings (SSSR count). The first kappa shape index (κ1) is 19.0. The monoisotopic (exact) mass is 403 g/mol. The van der Waals surface area contributed by atoms with Crippen molar-refractivity contribution in [2.75, 3.05) is 6.54 Å². The molecule has 3 aromatic carbocycles. The molecule has 1 amide bonds. The van der Waals surface area contributed by atoms with Gasteiger partial charge in [-0.25, -0.2) is 4.79 Å². The number of carbonyl (C=O) groups is 1. The van der Waals surface area contributed by atoms with Gasteiger partial charge in [0.2, 0.25) is 5.76 Å². The zero-order chi connectivity index (χ0) is 20.2. The van der Waals surface area contributed by atoms with E-state index in [9.17, 15) is 9.59 Å². The van der Waals surface area contributed by atoms with E-state index < -0.39 is 11.5 Å². The fourth-order valence-electron chi connectivity index (χ4n) is 3.30. The number of fused-ring (bicyclic) bond motifs is 1. The number of halogens is 1. The van der Waals surface area contributed by atoms with Gasteiger partial charge >= 0.3 is 5.63 Å². The lowest BCUT2D eigenvalue weighted by molar-refractivity contribution is 0.0923. The Morgan fingerprint density at radius 2 is 1.52 bits per heavy atom. The Kier molecular flexibility index (Phi) is 5.45. The van der Waals surface area contributed by atoms with E-state index in [4.69, 9.17) is 16.0 Å². The molecular weight excluding hydrogens is 386 g/mol. The van der Waals surface area contributed by atoms with E-state index in [1.165, 1.54) is 0 Å². The van der Waals surface area contributed by atoms with E-state index in [1.807, 2.05) is 66.7 Å². The molecule has 0 aliphatic heterocycles. The van der Waals surface area contributed by atoms with Gasteiger partial charge in [0.05, 0.1) is 5.39 Å². The van der Waals surface area contributed by atoms with E-state index >= 15 is 0 Å². The van der Waals surface area contributed by atoms with Crippen molar-refractivity contribution in [3.05, 3.63) is 106 Å². The number of benzene rings is 3. The second kappa shape index (κ2) is 8.33. The summed E-state index contributed by atoms with van der Waals surface area (Å²) in [7, 11) is 0. The smallest absolute Gasteiger partial charge is 0.344 e. The van der Waals surface area contributed by atoms with E-state index in [1.54, 1.807) is 12.1 Å². The van der Waals surface area contributed by atoms with Crippen molar-refractivity contribution in [3.8, 4) is 11.1 Å². The molecule has 0 saturated carbocycles. The van der Waals surface area contributed by atoms with Gasteiger partial charge in [-0.1, -0.05) is 72.3 Å². The van der Waals surface area contributed by atoms with Crippen LogP contribution < -0.4 is 10.9 Å². The average Bonchev–Trinajstić information content (AvgIpc) is 2.75. The molecule has 0 radical (unpaired) electrons. The van der Waals surface area contributed by atoms with Gasteiger partial charge in [-0.2, -0.15) is 0 Å². The normalized spacial score (nSPS) is 10.8. The first-order chi connectivity index (χ1) is 14.1. The molecule has 1 N–H and O–H groups in total. The van der Waals surface area contributed by atoms with Gasteiger partial charge in [-0.15, -0.1) is 0 Å². The van der Waals surface area contributed by atoms with Crippen molar-refractivity contribution in [1.29, 1.82) is 0 Å². The Balaban J connectivity index is 1.68. The van der Waals surface area contributed by atoms with Gasteiger partial charge in [-0.05, 0) is 35.7 Å². The van der Waals surface area contributed by atoms with Gasteiger partial charge in [0, 0.05) is 22.5 Å². The van der Waals surface area contributed by atoms with E-state index in [0.29, 0.717) is 34.3 Å². The molecule has 0 bridgehead atoms. The van der Waals surface area contributed by atoms with Gasteiger partial charge in [0.15, 0.2) is 0 Å². The van der Waals surface area contributed by atoms with Crippen LogP contribution in [0.1, 0.15) is 16.1 Å². The summed E-state index contributed by atoms with van der Waals surface area (Å²) >= 11 is 5.90. The highest BCUT2D eigenvalue weighted by Gasteiger charge is 2.20. The molecule has 4 aromatic rings. The molecule has 0 aliphatic carbocycles. The van der Waals surface area contributed by atoms with Crippen LogP contribution in [-0.2, 0) is 6.42 Å². The summed E-state index contributed by atoms with van der Waals surface area (Å²) in [5.41, 5.74) is 1.96. The van der Waals surface area contributed by atoms with E-state index in [-0.39, 0.29) is 5.76 Å². The van der Waals surface area contributed by atoms with Crippen LogP contribution >= 0.6 is 11.6 Å². The third-order valence-corrected chi connectivity index (χ3v) is 4.97. The van der Waals surface area contributed by atoms with Crippen LogP contribution in [-0.4, -0.2) is 12.5 Å². The molecule has 0 atom stereocenters. The highest BCUT2D eigenvalue weighted by molar-refractivity contribution is 6.30. The zero-order valence-corrected chi connectivity index (χ0v) is 16.3. The molecule has 0 aliphatic rings.